The summed E-state index contributed by atoms with van der Waals surface area (Å²) in [5.41, 5.74) is -1.60. The van der Waals surface area contributed by atoms with Gasteiger partial charge in [0.2, 0.25) is 26.0 Å². The Bertz CT molecular complexity index is 897. The van der Waals surface area contributed by atoms with Crippen molar-refractivity contribution in [1.29, 1.82) is 0 Å². The van der Waals surface area contributed by atoms with Gasteiger partial charge in [0.15, 0.2) is 0 Å². The van der Waals surface area contributed by atoms with E-state index in [0.717, 1.165) is 12.8 Å². The molecule has 2 N–H and O–H groups in total. The van der Waals surface area contributed by atoms with Crippen LogP contribution in [-0.2, 0) is 31.4 Å². The van der Waals surface area contributed by atoms with Crippen molar-refractivity contribution in [3.8, 4) is 0 Å². The first-order valence-electron chi connectivity index (χ1n) is 9.56. The smallest absolute Gasteiger partial charge is 0.243 e. The van der Waals surface area contributed by atoms with Gasteiger partial charge in [-0.2, -0.15) is 0 Å². The molecule has 166 valence electrons. The number of hydrogen-bond acceptors (Lipinski definition) is 5. The highest BCUT2D eigenvalue weighted by molar-refractivity contribution is 7.92. The molecule has 1 saturated heterocycles. The van der Waals surface area contributed by atoms with E-state index in [1.54, 1.807) is 46.4 Å². The Morgan fingerprint density at radius 3 is 1.59 bits per heavy atom. The number of aromatic nitrogens is 1. The molecule has 1 aromatic heterocycles. The molecule has 1 aliphatic rings. The molecule has 0 radical (unpaired) electrons. The van der Waals surface area contributed by atoms with Crippen LogP contribution < -0.4 is 9.44 Å². The molecule has 29 heavy (non-hydrogen) atoms. The summed E-state index contributed by atoms with van der Waals surface area (Å²) in [7, 11) is -8.27. The molecule has 1 aromatic rings. The highest BCUT2D eigenvalue weighted by atomic mass is 32.2. The lowest BCUT2D eigenvalue weighted by atomic mass is 10.1. The number of carbonyl (C=O) groups excluding carboxylic acids is 1. The van der Waals surface area contributed by atoms with Gasteiger partial charge >= 0.3 is 0 Å². The highest BCUT2D eigenvalue weighted by Gasteiger charge is 2.34. The lowest BCUT2D eigenvalue weighted by molar-refractivity contribution is -0.130. The molecule has 0 bridgehead atoms. The van der Waals surface area contributed by atoms with Gasteiger partial charge in [0.1, 0.15) is 16.3 Å². The van der Waals surface area contributed by atoms with Gasteiger partial charge in [-0.1, -0.05) is 0 Å². The van der Waals surface area contributed by atoms with Crippen LogP contribution in [0.15, 0.2) is 22.2 Å². The lowest BCUT2D eigenvalue weighted by Gasteiger charge is -2.22. The van der Waals surface area contributed by atoms with Gasteiger partial charge in [-0.25, -0.2) is 26.3 Å². The van der Waals surface area contributed by atoms with Gasteiger partial charge in [-0.05, 0) is 54.4 Å². The molecule has 11 heteroatoms. The van der Waals surface area contributed by atoms with Crippen molar-refractivity contribution in [3.63, 3.8) is 0 Å². The van der Waals surface area contributed by atoms with Crippen LogP contribution >= 0.6 is 0 Å². The zero-order valence-electron chi connectivity index (χ0n) is 17.9. The fourth-order valence-electron chi connectivity index (χ4n) is 3.10. The summed E-state index contributed by atoms with van der Waals surface area (Å²) >= 11 is 0. The van der Waals surface area contributed by atoms with E-state index in [1.807, 2.05) is 0 Å². The van der Waals surface area contributed by atoms with Crippen molar-refractivity contribution in [2.24, 2.45) is 0 Å². The van der Waals surface area contributed by atoms with E-state index in [-0.39, 0.29) is 22.2 Å². The fourth-order valence-corrected chi connectivity index (χ4v) is 6.77. The first-order chi connectivity index (χ1) is 13.0. The minimum atomic E-state index is -4.14. The summed E-state index contributed by atoms with van der Waals surface area (Å²) in [6.45, 7) is 11.2. The highest BCUT2D eigenvalue weighted by Crippen LogP contribution is 2.25. The average molecular weight is 449 g/mol. The third-order valence-electron chi connectivity index (χ3n) is 4.05. The van der Waals surface area contributed by atoms with E-state index in [4.69, 9.17) is 0 Å². The number of hydrogen-bond donors (Lipinski definition) is 2. The molecular weight excluding hydrogens is 416 g/mol. The Morgan fingerprint density at radius 2 is 1.24 bits per heavy atom. The van der Waals surface area contributed by atoms with Gasteiger partial charge < -0.3 is 9.47 Å². The van der Waals surface area contributed by atoms with Gasteiger partial charge in [0.05, 0.1) is 0 Å². The predicted molar refractivity (Wildman–Crippen MR) is 110 cm³/mol. The van der Waals surface area contributed by atoms with Crippen molar-refractivity contribution in [2.45, 2.75) is 81.8 Å². The van der Waals surface area contributed by atoms with Crippen LogP contribution in [0.25, 0.3) is 0 Å². The number of amides is 1. The molecule has 0 unspecified atom stereocenters. The van der Waals surface area contributed by atoms with Crippen molar-refractivity contribution >= 4 is 26.0 Å². The van der Waals surface area contributed by atoms with Gasteiger partial charge in [-0.15, -0.1) is 0 Å². The minimum Gasteiger partial charge on any atom is -0.342 e. The molecule has 1 amide bonds. The molecule has 9 nitrogen and oxygen atoms in total. The Hall–Kier alpha value is -1.43. The number of sulfonamides is 2. The maximum atomic E-state index is 12.9. The molecule has 0 atom stereocenters. The summed E-state index contributed by atoms with van der Waals surface area (Å²) in [5.74, 6) is -0.169. The first-order valence-corrected chi connectivity index (χ1v) is 12.5. The topological polar surface area (TPSA) is 118 Å². The summed E-state index contributed by atoms with van der Waals surface area (Å²) in [6, 6.07) is 0. The third-order valence-corrected chi connectivity index (χ3v) is 7.75. The first kappa shape index (κ1) is 23.8. The zero-order valence-corrected chi connectivity index (χ0v) is 19.6. The number of rotatable bonds is 6. The van der Waals surface area contributed by atoms with Crippen LogP contribution in [0.3, 0.4) is 0 Å². The van der Waals surface area contributed by atoms with Crippen molar-refractivity contribution < 1.29 is 21.6 Å². The minimum absolute atomic E-state index is 0.122. The van der Waals surface area contributed by atoms with E-state index < -0.39 is 31.1 Å². The second-order valence-corrected chi connectivity index (χ2v) is 12.8. The standard InChI is InChI=1S/C18H32N4O5S2/c1-17(2,3)19-28(24,25)14-11-21(13-16(23)22-9-7-8-10-22)12-15(14)29(26,27)20-18(4,5)6/h11-12,19-20H,7-10,13H2,1-6H3. The number of carbonyl (C=O) groups is 1. The molecule has 0 aliphatic carbocycles. The van der Waals surface area contributed by atoms with Gasteiger partial charge in [-0.3, -0.25) is 4.79 Å². The Morgan fingerprint density at radius 1 is 0.862 bits per heavy atom. The molecule has 2 heterocycles. The van der Waals surface area contributed by atoms with E-state index in [0.29, 0.717) is 13.1 Å². The van der Waals surface area contributed by atoms with E-state index in [2.05, 4.69) is 9.44 Å². The van der Waals surface area contributed by atoms with Crippen molar-refractivity contribution in [3.05, 3.63) is 12.4 Å². The molecule has 0 aromatic carbocycles. The lowest BCUT2D eigenvalue weighted by Crippen LogP contribution is -2.43. The van der Waals surface area contributed by atoms with Crippen LogP contribution in [0, 0.1) is 0 Å². The summed E-state index contributed by atoms with van der Waals surface area (Å²) in [6.07, 6.45) is 4.28. The molecule has 0 spiro atoms. The monoisotopic (exact) mass is 448 g/mol. The second kappa shape index (κ2) is 8.01. The number of nitrogens with one attached hydrogen (secondary N) is 2. The molecule has 2 rings (SSSR count). The van der Waals surface area contributed by atoms with Crippen LogP contribution in [0.2, 0.25) is 0 Å². The Labute approximate surface area is 173 Å². The average Bonchev–Trinajstić information content (AvgIpc) is 3.11. The van der Waals surface area contributed by atoms with Crippen molar-refractivity contribution in [2.75, 3.05) is 13.1 Å². The predicted octanol–water partition coefficient (Wildman–Crippen LogP) is 1.26. The molecular formula is C18H32N4O5S2. The van der Waals surface area contributed by atoms with Crippen LogP contribution in [0.4, 0.5) is 0 Å². The van der Waals surface area contributed by atoms with E-state index >= 15 is 0 Å². The molecule has 1 fully saturated rings. The normalized spacial score (nSPS) is 16.4. The SMILES string of the molecule is CC(C)(C)NS(=O)(=O)c1cn(CC(=O)N2CCCC2)cc1S(=O)(=O)NC(C)(C)C. The van der Waals surface area contributed by atoms with Gasteiger partial charge in [0, 0.05) is 36.6 Å². The maximum Gasteiger partial charge on any atom is 0.243 e. The summed E-state index contributed by atoms with van der Waals surface area (Å²) in [5, 5.41) is 0. The quantitative estimate of drug-likeness (QED) is 0.679. The fraction of sp³-hybridized carbons (Fsp3) is 0.722. The number of nitrogens with zero attached hydrogens (tertiary/aromatic N) is 2. The second-order valence-electron chi connectivity index (χ2n) is 9.46. The van der Waals surface area contributed by atoms with Crippen molar-refractivity contribution in [1.82, 2.24) is 18.9 Å². The largest absolute Gasteiger partial charge is 0.342 e. The van der Waals surface area contributed by atoms with Crippen LogP contribution in [-0.4, -0.2) is 56.4 Å². The maximum absolute atomic E-state index is 12.9. The summed E-state index contributed by atoms with van der Waals surface area (Å²) < 4.78 is 58.0. The van der Waals surface area contributed by atoms with Crippen LogP contribution in [0.5, 0.6) is 0 Å². The molecule has 0 saturated carbocycles. The molecule has 1 aliphatic heterocycles. The van der Waals surface area contributed by atoms with E-state index in [1.165, 1.54) is 17.0 Å². The summed E-state index contributed by atoms with van der Waals surface area (Å²) in [4.78, 5) is 13.4. The number of likely N-dealkylation sites (tertiary alicyclic amines) is 1. The zero-order chi connectivity index (χ0) is 22.3. The Kier molecular flexibility index (Phi) is 6.59. The third kappa shape index (κ3) is 6.53. The van der Waals surface area contributed by atoms with Crippen LogP contribution in [0.1, 0.15) is 54.4 Å². The van der Waals surface area contributed by atoms with Gasteiger partial charge in [0.25, 0.3) is 0 Å². The Balaban J connectivity index is 2.49. The van der Waals surface area contributed by atoms with E-state index in [9.17, 15) is 21.6 Å².